The molecule has 1 saturated heterocycles. The summed E-state index contributed by atoms with van der Waals surface area (Å²) < 4.78 is 0. The van der Waals surface area contributed by atoms with Gasteiger partial charge < -0.3 is 10.2 Å². The summed E-state index contributed by atoms with van der Waals surface area (Å²) in [4.78, 5) is 19.2. The average Bonchev–Trinajstić information content (AvgIpc) is 2.55. The number of fused-ring (bicyclic) bond motifs is 1. The zero-order chi connectivity index (χ0) is 14.7. The second-order valence-electron chi connectivity index (χ2n) is 6.22. The Hall–Kier alpha value is -1.58. The molecule has 1 aromatic rings. The van der Waals surface area contributed by atoms with E-state index in [1.165, 1.54) is 32.1 Å². The van der Waals surface area contributed by atoms with E-state index in [1.54, 1.807) is 6.20 Å². The molecule has 1 aliphatic heterocycles. The number of piperidine rings is 1. The Kier molecular flexibility index (Phi) is 4.42. The first-order valence-corrected chi connectivity index (χ1v) is 8.30. The molecule has 0 bridgehead atoms. The van der Waals surface area contributed by atoms with Gasteiger partial charge in [0.05, 0.1) is 11.9 Å². The lowest BCUT2D eigenvalue weighted by molar-refractivity contribution is 0.0385. The third-order valence-corrected chi connectivity index (χ3v) is 4.87. The lowest BCUT2D eigenvalue weighted by Crippen LogP contribution is -2.49. The van der Waals surface area contributed by atoms with E-state index in [-0.39, 0.29) is 5.91 Å². The Morgan fingerprint density at radius 3 is 2.86 bits per heavy atom. The zero-order valence-corrected chi connectivity index (χ0v) is 12.8. The van der Waals surface area contributed by atoms with E-state index in [4.69, 9.17) is 0 Å². The number of nitrogens with zero attached hydrogens (tertiary/aromatic N) is 2. The van der Waals surface area contributed by atoms with Crippen LogP contribution in [0.2, 0.25) is 0 Å². The molecule has 1 N–H and O–H groups in total. The van der Waals surface area contributed by atoms with Crippen molar-refractivity contribution in [3.8, 4) is 0 Å². The molecule has 2 atom stereocenters. The zero-order valence-electron chi connectivity index (χ0n) is 12.8. The maximum absolute atomic E-state index is 12.8. The maximum Gasteiger partial charge on any atom is 0.272 e. The highest BCUT2D eigenvalue weighted by atomic mass is 16.2. The molecule has 4 heteroatoms. The molecule has 1 aliphatic carbocycles. The first-order chi connectivity index (χ1) is 10.3. The predicted molar refractivity (Wildman–Crippen MR) is 84.4 cm³/mol. The van der Waals surface area contributed by atoms with Crippen molar-refractivity contribution in [2.75, 3.05) is 18.4 Å². The smallest absolute Gasteiger partial charge is 0.272 e. The van der Waals surface area contributed by atoms with Gasteiger partial charge in [-0.05, 0) is 50.7 Å². The molecule has 1 saturated carbocycles. The van der Waals surface area contributed by atoms with Gasteiger partial charge in [0.1, 0.15) is 5.69 Å². The third-order valence-electron chi connectivity index (χ3n) is 4.87. The van der Waals surface area contributed by atoms with Crippen LogP contribution in [0.25, 0.3) is 0 Å². The fraction of sp³-hybridized carbons (Fsp3) is 0.647. The number of anilines is 1. The Morgan fingerprint density at radius 2 is 2.10 bits per heavy atom. The topological polar surface area (TPSA) is 45.2 Å². The van der Waals surface area contributed by atoms with Gasteiger partial charge in [-0.25, -0.2) is 4.98 Å². The summed E-state index contributed by atoms with van der Waals surface area (Å²) in [7, 11) is 0. The average molecular weight is 287 g/mol. The number of hydrogen-bond donors (Lipinski definition) is 1. The number of rotatable bonds is 3. The van der Waals surface area contributed by atoms with Crippen molar-refractivity contribution in [2.24, 2.45) is 5.92 Å². The molecular weight excluding hydrogens is 262 g/mol. The van der Waals surface area contributed by atoms with E-state index >= 15 is 0 Å². The molecule has 21 heavy (non-hydrogen) atoms. The highest BCUT2D eigenvalue weighted by Crippen LogP contribution is 2.35. The van der Waals surface area contributed by atoms with E-state index in [1.807, 2.05) is 12.1 Å². The molecule has 0 spiro atoms. The van der Waals surface area contributed by atoms with Crippen LogP contribution in [-0.2, 0) is 0 Å². The number of aromatic nitrogens is 1. The van der Waals surface area contributed by atoms with Gasteiger partial charge in [-0.15, -0.1) is 0 Å². The van der Waals surface area contributed by atoms with Crippen molar-refractivity contribution < 1.29 is 4.79 Å². The minimum Gasteiger partial charge on any atom is -0.384 e. The van der Waals surface area contributed by atoms with Crippen LogP contribution in [0.4, 0.5) is 5.69 Å². The first-order valence-electron chi connectivity index (χ1n) is 8.30. The van der Waals surface area contributed by atoms with Crippen LogP contribution in [-0.4, -0.2) is 34.9 Å². The van der Waals surface area contributed by atoms with E-state index in [0.717, 1.165) is 31.1 Å². The number of amides is 1. The quantitative estimate of drug-likeness (QED) is 0.927. The molecule has 114 valence electrons. The van der Waals surface area contributed by atoms with Crippen molar-refractivity contribution in [1.82, 2.24) is 9.88 Å². The fourth-order valence-electron chi connectivity index (χ4n) is 3.85. The van der Waals surface area contributed by atoms with Gasteiger partial charge in [-0.3, -0.25) is 4.79 Å². The lowest BCUT2D eigenvalue weighted by atomic mass is 9.78. The molecular formula is C17H25N3O. The first kappa shape index (κ1) is 14.4. The maximum atomic E-state index is 12.8. The molecule has 1 amide bonds. The summed E-state index contributed by atoms with van der Waals surface area (Å²) in [5.74, 6) is 0.840. The summed E-state index contributed by atoms with van der Waals surface area (Å²) in [5, 5.41) is 3.21. The van der Waals surface area contributed by atoms with Gasteiger partial charge in [0.25, 0.3) is 5.91 Å². The Morgan fingerprint density at radius 1 is 1.29 bits per heavy atom. The minimum atomic E-state index is 0.120. The number of likely N-dealkylation sites (tertiary alicyclic amines) is 1. The Balaban J connectivity index is 1.73. The lowest BCUT2D eigenvalue weighted by Gasteiger charge is -2.44. The normalized spacial score (nSPS) is 25.3. The second kappa shape index (κ2) is 6.46. The molecule has 2 heterocycles. The minimum absolute atomic E-state index is 0.120. The van der Waals surface area contributed by atoms with Crippen LogP contribution in [0.3, 0.4) is 0 Å². The van der Waals surface area contributed by atoms with Crippen molar-refractivity contribution >= 4 is 11.6 Å². The van der Waals surface area contributed by atoms with Gasteiger partial charge in [0.15, 0.2) is 0 Å². The molecule has 2 aliphatic rings. The number of carbonyl (C=O) groups excluding carboxylic acids is 1. The van der Waals surface area contributed by atoms with Crippen LogP contribution in [0, 0.1) is 5.92 Å². The summed E-state index contributed by atoms with van der Waals surface area (Å²) in [6, 6.07) is 4.26. The van der Waals surface area contributed by atoms with Gasteiger partial charge in [-0.1, -0.05) is 12.8 Å². The van der Waals surface area contributed by atoms with Gasteiger partial charge in [-0.2, -0.15) is 0 Å². The number of nitrogens with one attached hydrogen (secondary N) is 1. The molecule has 1 aromatic heterocycles. The molecule has 0 radical (unpaired) electrons. The standard InChI is InChI=1S/C17H25N3O/c1-2-18-14-9-10-15(19-12-14)17(21)20-11-5-7-13-6-3-4-8-16(13)20/h9-10,12-13,16,18H,2-8,11H2,1H3. The largest absolute Gasteiger partial charge is 0.384 e. The predicted octanol–water partition coefficient (Wildman–Crippen LogP) is 3.31. The van der Waals surface area contributed by atoms with Crippen molar-refractivity contribution in [1.29, 1.82) is 0 Å². The van der Waals surface area contributed by atoms with E-state index in [0.29, 0.717) is 11.7 Å². The van der Waals surface area contributed by atoms with Gasteiger partial charge >= 0.3 is 0 Å². The highest BCUT2D eigenvalue weighted by Gasteiger charge is 2.36. The van der Waals surface area contributed by atoms with Crippen LogP contribution in [0.1, 0.15) is 55.9 Å². The summed E-state index contributed by atoms with van der Waals surface area (Å²) in [6.45, 7) is 3.82. The molecule has 3 rings (SSSR count). The Labute approximate surface area is 126 Å². The van der Waals surface area contributed by atoms with Crippen LogP contribution in [0.5, 0.6) is 0 Å². The number of pyridine rings is 1. The van der Waals surface area contributed by atoms with Crippen LogP contribution < -0.4 is 5.32 Å². The summed E-state index contributed by atoms with van der Waals surface area (Å²) >= 11 is 0. The molecule has 0 aromatic carbocycles. The SMILES string of the molecule is CCNc1ccc(C(=O)N2CCCC3CCCCC32)nc1. The number of carbonyl (C=O) groups is 1. The third kappa shape index (κ3) is 3.04. The summed E-state index contributed by atoms with van der Waals surface area (Å²) in [6.07, 6.45) is 9.26. The van der Waals surface area contributed by atoms with E-state index in [9.17, 15) is 4.79 Å². The molecule has 2 unspecified atom stereocenters. The number of hydrogen-bond acceptors (Lipinski definition) is 3. The van der Waals surface area contributed by atoms with Gasteiger partial charge in [0, 0.05) is 19.1 Å². The monoisotopic (exact) mass is 287 g/mol. The van der Waals surface area contributed by atoms with Gasteiger partial charge in [0.2, 0.25) is 0 Å². The highest BCUT2D eigenvalue weighted by molar-refractivity contribution is 5.92. The van der Waals surface area contributed by atoms with E-state index < -0.39 is 0 Å². The van der Waals surface area contributed by atoms with Crippen molar-refractivity contribution in [2.45, 2.75) is 51.5 Å². The fourth-order valence-corrected chi connectivity index (χ4v) is 3.85. The van der Waals surface area contributed by atoms with E-state index in [2.05, 4.69) is 22.1 Å². The second-order valence-corrected chi connectivity index (χ2v) is 6.22. The molecule has 2 fully saturated rings. The van der Waals surface area contributed by atoms with Crippen LogP contribution in [0.15, 0.2) is 18.3 Å². The Bertz CT molecular complexity index is 483. The van der Waals surface area contributed by atoms with Crippen LogP contribution >= 0.6 is 0 Å². The molecule has 4 nitrogen and oxygen atoms in total. The van der Waals surface area contributed by atoms with Crippen molar-refractivity contribution in [3.05, 3.63) is 24.0 Å². The van der Waals surface area contributed by atoms with Crippen molar-refractivity contribution in [3.63, 3.8) is 0 Å². The summed E-state index contributed by atoms with van der Waals surface area (Å²) in [5.41, 5.74) is 1.56.